The van der Waals surface area contributed by atoms with Crippen LogP contribution in [0, 0.1) is 4.77 Å². The zero-order chi connectivity index (χ0) is 13.0. The van der Waals surface area contributed by atoms with E-state index in [2.05, 4.69) is 15.5 Å². The lowest BCUT2D eigenvalue weighted by atomic mass is 10.3. The van der Waals surface area contributed by atoms with Gasteiger partial charge in [-0.1, -0.05) is 10.3 Å². The number of nitrogens with zero attached hydrogens (tertiary/aromatic N) is 3. The maximum atomic E-state index is 11.3. The van der Waals surface area contributed by atoms with Gasteiger partial charge in [0, 0.05) is 0 Å². The molecule has 0 aliphatic heterocycles. The topological polar surface area (TPSA) is 72.8 Å². The smallest absolute Gasteiger partial charge is 0.321 e. The van der Waals surface area contributed by atoms with Gasteiger partial charge in [-0.2, -0.15) is 17.0 Å². The van der Waals surface area contributed by atoms with Gasteiger partial charge in [-0.25, -0.2) is 4.68 Å². The van der Waals surface area contributed by atoms with Gasteiger partial charge < -0.3 is 4.74 Å². The molecule has 0 saturated heterocycles. The first-order valence-corrected chi connectivity index (χ1v) is 6.81. The molecule has 0 aliphatic carbocycles. The van der Waals surface area contributed by atoms with Crippen molar-refractivity contribution in [1.29, 1.82) is 0 Å². The zero-order valence-electron chi connectivity index (χ0n) is 9.49. The van der Waals surface area contributed by atoms with E-state index in [1.54, 1.807) is 28.9 Å². The summed E-state index contributed by atoms with van der Waals surface area (Å²) in [6, 6.07) is 6.90. The van der Waals surface area contributed by atoms with Gasteiger partial charge in [0.25, 0.3) is 0 Å². The van der Waals surface area contributed by atoms with Crippen LogP contribution < -0.4 is 4.74 Å². The summed E-state index contributed by atoms with van der Waals surface area (Å²) in [7, 11) is 0. The van der Waals surface area contributed by atoms with Gasteiger partial charge in [0.1, 0.15) is 5.75 Å². The summed E-state index contributed by atoms with van der Waals surface area (Å²) in [5, 5.41) is 9.90. The van der Waals surface area contributed by atoms with Crippen molar-refractivity contribution in [3.8, 4) is 11.4 Å². The summed E-state index contributed by atoms with van der Waals surface area (Å²) >= 11 is 6.39. The number of hydrogen-bond donors (Lipinski definition) is 1. The number of hydrogen-bond acceptors (Lipinski definition) is 6. The number of carbonyl (C=O) groups is 1. The molecule has 2 aromatic rings. The van der Waals surface area contributed by atoms with Gasteiger partial charge in [-0.05, 0) is 42.7 Å². The predicted molar refractivity (Wildman–Crippen MR) is 70.6 cm³/mol. The van der Waals surface area contributed by atoms with Crippen LogP contribution in [0.2, 0.25) is 0 Å². The Hall–Kier alpha value is -1.67. The minimum absolute atomic E-state index is 0.268. The second-order valence-electron chi connectivity index (χ2n) is 3.32. The molecular weight excluding hydrogens is 272 g/mol. The van der Waals surface area contributed by atoms with Crippen LogP contribution in [0.3, 0.4) is 0 Å². The van der Waals surface area contributed by atoms with E-state index < -0.39 is 0 Å². The summed E-state index contributed by atoms with van der Waals surface area (Å²) in [5.41, 5.74) is 0.773. The van der Waals surface area contributed by atoms with Gasteiger partial charge in [-0.3, -0.25) is 4.79 Å². The molecular formula is C10H10N4O2S2. The molecule has 94 valence electrons. The summed E-state index contributed by atoms with van der Waals surface area (Å²) in [6.07, 6.45) is 1.84. The molecule has 0 unspecified atom stereocenters. The van der Waals surface area contributed by atoms with Gasteiger partial charge in [0.05, 0.1) is 11.4 Å². The minimum Gasteiger partial charge on any atom is -0.426 e. The van der Waals surface area contributed by atoms with E-state index in [4.69, 9.17) is 17.0 Å². The number of aromatic amines is 1. The molecule has 1 aromatic heterocycles. The van der Waals surface area contributed by atoms with Crippen LogP contribution in [0.1, 0.15) is 0 Å². The Labute approximate surface area is 112 Å². The summed E-state index contributed by atoms with van der Waals surface area (Å²) in [6.45, 7) is 0. The average molecular weight is 282 g/mol. The maximum Gasteiger partial charge on any atom is 0.321 e. The number of carbonyl (C=O) groups excluding carboxylic acids is 1. The van der Waals surface area contributed by atoms with E-state index in [0.29, 0.717) is 16.3 Å². The fourth-order valence-electron chi connectivity index (χ4n) is 1.31. The number of thioether (sulfide) groups is 1. The Morgan fingerprint density at radius 2 is 2.22 bits per heavy atom. The fraction of sp³-hybridized carbons (Fsp3) is 0.200. The molecule has 0 radical (unpaired) electrons. The van der Waals surface area contributed by atoms with Crippen molar-refractivity contribution in [2.75, 3.05) is 12.0 Å². The number of nitrogens with one attached hydrogen (secondary N) is 1. The highest BCUT2D eigenvalue weighted by molar-refractivity contribution is 7.99. The van der Waals surface area contributed by atoms with E-state index in [1.807, 2.05) is 6.26 Å². The highest BCUT2D eigenvalue weighted by Crippen LogP contribution is 2.15. The average Bonchev–Trinajstić information content (AvgIpc) is 2.77. The van der Waals surface area contributed by atoms with Gasteiger partial charge in [0.15, 0.2) is 0 Å². The molecule has 0 amide bonds. The molecule has 0 spiro atoms. The number of aromatic nitrogens is 4. The minimum atomic E-state index is -0.268. The van der Waals surface area contributed by atoms with Crippen molar-refractivity contribution >= 4 is 29.9 Å². The molecule has 8 heteroatoms. The lowest BCUT2D eigenvalue weighted by Gasteiger charge is -2.04. The molecule has 2 rings (SSSR count). The monoisotopic (exact) mass is 282 g/mol. The van der Waals surface area contributed by atoms with Crippen molar-refractivity contribution in [1.82, 2.24) is 20.2 Å². The molecule has 0 aliphatic rings. The summed E-state index contributed by atoms with van der Waals surface area (Å²) in [5.74, 6) is 0.559. The van der Waals surface area contributed by atoms with Gasteiger partial charge >= 0.3 is 5.97 Å². The normalized spacial score (nSPS) is 10.3. The van der Waals surface area contributed by atoms with E-state index in [-0.39, 0.29) is 5.97 Å². The molecule has 6 nitrogen and oxygen atoms in total. The SMILES string of the molecule is CSCC(=O)Oc1ccc(-n2[nH]nnc2=S)cc1. The molecule has 1 heterocycles. The maximum absolute atomic E-state index is 11.3. The number of ether oxygens (including phenoxy) is 1. The molecule has 0 bridgehead atoms. The number of esters is 1. The highest BCUT2D eigenvalue weighted by atomic mass is 32.2. The predicted octanol–water partition coefficient (Wildman–Crippen LogP) is 1.59. The Bertz CT molecular complexity index is 590. The fourth-order valence-corrected chi connectivity index (χ4v) is 1.79. The number of rotatable bonds is 4. The van der Waals surface area contributed by atoms with E-state index in [0.717, 1.165) is 5.69 Å². The van der Waals surface area contributed by atoms with Crippen molar-refractivity contribution < 1.29 is 9.53 Å². The molecule has 18 heavy (non-hydrogen) atoms. The van der Waals surface area contributed by atoms with Crippen molar-refractivity contribution in [2.24, 2.45) is 0 Å². The number of tetrazole rings is 1. The van der Waals surface area contributed by atoms with Crippen molar-refractivity contribution in [2.45, 2.75) is 0 Å². The summed E-state index contributed by atoms with van der Waals surface area (Å²) < 4.78 is 7.00. The second-order valence-corrected chi connectivity index (χ2v) is 4.55. The van der Waals surface area contributed by atoms with Crippen molar-refractivity contribution in [3.63, 3.8) is 0 Å². The van der Waals surface area contributed by atoms with Crippen LogP contribution in [0.25, 0.3) is 5.69 Å². The third-order valence-corrected chi connectivity index (χ3v) is 2.85. The van der Waals surface area contributed by atoms with Gasteiger partial charge in [0.2, 0.25) is 4.77 Å². The van der Waals surface area contributed by atoms with Crippen LogP contribution in [0.5, 0.6) is 5.75 Å². The Kier molecular flexibility index (Phi) is 4.11. The Balaban J connectivity index is 2.13. The molecule has 0 saturated carbocycles. The van der Waals surface area contributed by atoms with Crippen LogP contribution in [-0.4, -0.2) is 38.2 Å². The standard InChI is InChI=1S/C10H10N4O2S2/c1-18-6-9(15)16-8-4-2-7(3-5-8)14-10(17)11-12-13-14/h2-5H,6H2,1H3,(H,11,13,17). The van der Waals surface area contributed by atoms with Crippen LogP contribution in [-0.2, 0) is 4.79 Å². The lowest BCUT2D eigenvalue weighted by Crippen LogP contribution is -2.10. The largest absolute Gasteiger partial charge is 0.426 e. The second kappa shape index (κ2) is 5.78. The Morgan fingerprint density at radius 3 is 2.78 bits per heavy atom. The highest BCUT2D eigenvalue weighted by Gasteiger charge is 2.04. The first-order valence-electron chi connectivity index (χ1n) is 5.01. The summed E-state index contributed by atoms with van der Waals surface area (Å²) in [4.78, 5) is 11.3. The Morgan fingerprint density at radius 1 is 1.50 bits per heavy atom. The van der Waals surface area contributed by atoms with E-state index in [1.165, 1.54) is 11.8 Å². The molecule has 0 fully saturated rings. The van der Waals surface area contributed by atoms with E-state index in [9.17, 15) is 4.79 Å². The zero-order valence-corrected chi connectivity index (χ0v) is 11.1. The third-order valence-electron chi connectivity index (χ3n) is 2.06. The van der Waals surface area contributed by atoms with Crippen LogP contribution >= 0.6 is 24.0 Å². The van der Waals surface area contributed by atoms with Gasteiger partial charge in [-0.15, -0.1) is 0 Å². The first kappa shape index (κ1) is 12.8. The number of benzene rings is 1. The quantitative estimate of drug-likeness (QED) is 0.521. The first-order chi connectivity index (χ1) is 8.70. The third kappa shape index (κ3) is 2.96. The lowest BCUT2D eigenvalue weighted by molar-refractivity contribution is -0.131. The van der Waals surface area contributed by atoms with Crippen molar-refractivity contribution in [3.05, 3.63) is 29.0 Å². The van der Waals surface area contributed by atoms with Crippen LogP contribution in [0.15, 0.2) is 24.3 Å². The van der Waals surface area contributed by atoms with Crippen LogP contribution in [0.4, 0.5) is 0 Å². The molecule has 0 atom stereocenters. The van der Waals surface area contributed by atoms with E-state index >= 15 is 0 Å². The molecule has 1 aromatic carbocycles. The number of H-pyrrole nitrogens is 1. The molecule has 1 N–H and O–H groups in total.